The topological polar surface area (TPSA) is 148 Å². The SMILES string of the molecule is CS(=O)(=O)Nc1cc(C(O)CNC2CCN(c3ccc(/C=C4\SC(=O)NC4=O)cc3)CC2)ccc1O. The van der Waals surface area contributed by atoms with E-state index in [-0.39, 0.29) is 28.6 Å². The standard InChI is InChI=1S/C24H28N4O6S2/c1-36(33,34)27-19-13-16(4-7-20(19)29)21(30)14-25-17-8-10-28(11-9-17)18-5-2-15(3-6-18)12-22-23(31)26-24(32)35-22/h2-7,12-13,17,21,25,27,29-30H,8-11,14H2,1H3,(H,26,31,32)/b22-12-. The van der Waals surface area contributed by atoms with Gasteiger partial charge in [-0.1, -0.05) is 18.2 Å². The highest BCUT2D eigenvalue weighted by Gasteiger charge is 2.25. The molecule has 2 heterocycles. The highest BCUT2D eigenvalue weighted by Crippen LogP contribution is 2.29. The summed E-state index contributed by atoms with van der Waals surface area (Å²) in [6.07, 6.45) is 3.60. The number of aromatic hydroxyl groups is 1. The Morgan fingerprint density at radius 1 is 1.17 bits per heavy atom. The Hall–Kier alpha value is -3.06. The van der Waals surface area contributed by atoms with Gasteiger partial charge in [0.25, 0.3) is 11.1 Å². The van der Waals surface area contributed by atoms with Crippen molar-refractivity contribution >= 4 is 50.4 Å². The maximum atomic E-state index is 11.7. The fraction of sp³-hybridized carbons (Fsp3) is 0.333. The number of nitrogens with one attached hydrogen (secondary N) is 3. The van der Waals surface area contributed by atoms with Crippen molar-refractivity contribution in [3.05, 3.63) is 58.5 Å². The second-order valence-corrected chi connectivity index (χ2v) is 11.5. The van der Waals surface area contributed by atoms with Crippen molar-refractivity contribution in [2.45, 2.75) is 25.0 Å². The third-order valence-corrected chi connectivity index (χ3v) is 7.39. The summed E-state index contributed by atoms with van der Waals surface area (Å²) < 4.78 is 25.2. The fourth-order valence-corrected chi connectivity index (χ4v) is 5.38. The zero-order valence-corrected chi connectivity index (χ0v) is 21.2. The van der Waals surface area contributed by atoms with Crippen LogP contribution in [0.15, 0.2) is 47.4 Å². The molecule has 12 heteroatoms. The molecule has 0 bridgehead atoms. The Kier molecular flexibility index (Phi) is 7.88. The molecule has 2 aromatic rings. The molecule has 2 aliphatic heterocycles. The molecule has 0 saturated carbocycles. The number of sulfonamides is 1. The van der Waals surface area contributed by atoms with Gasteiger partial charge >= 0.3 is 0 Å². The summed E-state index contributed by atoms with van der Waals surface area (Å²) in [5.41, 5.74) is 2.45. The molecular weight excluding hydrogens is 504 g/mol. The molecule has 0 aliphatic carbocycles. The average molecular weight is 533 g/mol. The first-order valence-corrected chi connectivity index (χ1v) is 14.1. The van der Waals surface area contributed by atoms with Crippen molar-refractivity contribution in [1.29, 1.82) is 0 Å². The monoisotopic (exact) mass is 532 g/mol. The number of aliphatic hydroxyl groups excluding tert-OH is 1. The van der Waals surface area contributed by atoms with Crippen molar-refractivity contribution in [2.75, 3.05) is 35.5 Å². The molecule has 36 heavy (non-hydrogen) atoms. The summed E-state index contributed by atoms with van der Waals surface area (Å²) in [6.45, 7) is 1.97. The van der Waals surface area contributed by atoms with Crippen molar-refractivity contribution in [3.63, 3.8) is 0 Å². The van der Waals surface area contributed by atoms with E-state index in [9.17, 15) is 28.2 Å². The van der Waals surface area contributed by atoms with Crippen LogP contribution in [0, 0.1) is 0 Å². The van der Waals surface area contributed by atoms with E-state index in [4.69, 9.17) is 0 Å². The second kappa shape index (κ2) is 10.9. The van der Waals surface area contributed by atoms with E-state index in [1.54, 1.807) is 12.1 Å². The van der Waals surface area contributed by atoms with Gasteiger partial charge in [-0.15, -0.1) is 0 Å². The minimum Gasteiger partial charge on any atom is -0.506 e. The van der Waals surface area contributed by atoms with Crippen LogP contribution >= 0.6 is 11.8 Å². The summed E-state index contributed by atoms with van der Waals surface area (Å²) in [6, 6.07) is 12.4. The van der Waals surface area contributed by atoms with Crippen LogP contribution in [0.5, 0.6) is 5.75 Å². The molecule has 2 fully saturated rings. The van der Waals surface area contributed by atoms with Crippen LogP contribution in [0.4, 0.5) is 16.2 Å². The number of phenols is 1. The summed E-state index contributed by atoms with van der Waals surface area (Å²) >= 11 is 0.897. The molecule has 2 aliphatic rings. The van der Waals surface area contributed by atoms with Gasteiger partial charge in [-0.25, -0.2) is 8.42 Å². The number of thioether (sulfide) groups is 1. The van der Waals surface area contributed by atoms with Crippen LogP contribution in [-0.2, 0) is 14.8 Å². The largest absolute Gasteiger partial charge is 0.506 e. The van der Waals surface area contributed by atoms with Gasteiger partial charge in [-0.3, -0.25) is 19.6 Å². The number of anilines is 2. The molecule has 1 atom stereocenters. The first-order valence-electron chi connectivity index (χ1n) is 11.4. The van der Waals surface area contributed by atoms with E-state index in [1.165, 1.54) is 12.1 Å². The summed E-state index contributed by atoms with van der Waals surface area (Å²) in [7, 11) is -3.56. The Bertz CT molecular complexity index is 1270. The average Bonchev–Trinajstić information content (AvgIpc) is 3.15. The van der Waals surface area contributed by atoms with E-state index in [1.807, 2.05) is 24.3 Å². The zero-order valence-electron chi connectivity index (χ0n) is 19.6. The van der Waals surface area contributed by atoms with Crippen molar-refractivity contribution in [2.24, 2.45) is 0 Å². The van der Waals surface area contributed by atoms with Gasteiger partial charge in [0.05, 0.1) is 23.0 Å². The second-order valence-electron chi connectivity index (χ2n) is 8.78. The lowest BCUT2D eigenvalue weighted by atomic mass is 10.0. The first kappa shape index (κ1) is 26.0. The van der Waals surface area contributed by atoms with Crippen LogP contribution in [0.2, 0.25) is 0 Å². The smallest absolute Gasteiger partial charge is 0.290 e. The molecule has 4 rings (SSSR count). The Balaban J connectivity index is 1.27. The lowest BCUT2D eigenvalue weighted by Gasteiger charge is -2.34. The van der Waals surface area contributed by atoms with E-state index in [2.05, 4.69) is 20.3 Å². The number of hydrogen-bond acceptors (Lipinski definition) is 9. The Labute approximate surface area is 213 Å². The van der Waals surface area contributed by atoms with Gasteiger partial charge in [0.15, 0.2) is 0 Å². The minimum absolute atomic E-state index is 0.0309. The molecule has 5 N–H and O–H groups in total. The number of imide groups is 1. The molecule has 0 aromatic heterocycles. The van der Waals surface area contributed by atoms with Gasteiger partial charge in [0.2, 0.25) is 10.0 Å². The minimum atomic E-state index is -3.56. The highest BCUT2D eigenvalue weighted by molar-refractivity contribution is 8.18. The van der Waals surface area contributed by atoms with Gasteiger partial charge in [-0.05, 0) is 66.1 Å². The van der Waals surface area contributed by atoms with Crippen LogP contribution in [0.25, 0.3) is 6.08 Å². The van der Waals surface area contributed by atoms with Crippen LogP contribution in [0.3, 0.4) is 0 Å². The molecule has 0 radical (unpaired) electrons. The third-order valence-electron chi connectivity index (χ3n) is 5.99. The number of carbonyl (C=O) groups is 2. The van der Waals surface area contributed by atoms with E-state index in [0.717, 1.165) is 55.2 Å². The molecule has 1 unspecified atom stereocenters. The van der Waals surface area contributed by atoms with Gasteiger partial charge in [0.1, 0.15) is 5.75 Å². The number of rotatable bonds is 8. The third kappa shape index (κ3) is 6.78. The number of nitrogens with zero attached hydrogens (tertiary/aromatic N) is 1. The zero-order chi connectivity index (χ0) is 25.9. The van der Waals surface area contributed by atoms with Crippen molar-refractivity contribution in [3.8, 4) is 5.75 Å². The number of benzene rings is 2. The molecule has 10 nitrogen and oxygen atoms in total. The van der Waals surface area contributed by atoms with E-state index in [0.29, 0.717) is 17.0 Å². The Morgan fingerprint density at radius 2 is 1.86 bits per heavy atom. The van der Waals surface area contributed by atoms with E-state index >= 15 is 0 Å². The normalized spacial score (nSPS) is 18.9. The molecule has 2 amide bonds. The number of hydrogen-bond donors (Lipinski definition) is 5. The summed E-state index contributed by atoms with van der Waals surface area (Å²) in [5.74, 6) is -0.579. The predicted octanol–water partition coefficient (Wildman–Crippen LogP) is 2.38. The predicted molar refractivity (Wildman–Crippen MR) is 140 cm³/mol. The van der Waals surface area contributed by atoms with Crippen molar-refractivity contribution < 1.29 is 28.2 Å². The molecular formula is C24H28N4O6S2. The Morgan fingerprint density at radius 3 is 2.47 bits per heavy atom. The molecule has 192 valence electrons. The number of carbonyl (C=O) groups excluding carboxylic acids is 2. The maximum Gasteiger partial charge on any atom is 0.290 e. The number of phenolic OH excluding ortho intramolecular Hbond substituents is 1. The summed E-state index contributed by atoms with van der Waals surface area (Å²) in [5, 5.41) is 25.7. The quantitative estimate of drug-likeness (QED) is 0.255. The first-order chi connectivity index (χ1) is 17.1. The number of aliphatic hydroxyl groups is 1. The van der Waals surface area contributed by atoms with Gasteiger partial charge < -0.3 is 20.4 Å². The number of piperidine rings is 1. The van der Waals surface area contributed by atoms with Crippen molar-refractivity contribution in [1.82, 2.24) is 10.6 Å². The van der Waals surface area contributed by atoms with Gasteiger partial charge in [0, 0.05) is 31.4 Å². The number of amides is 2. The van der Waals surface area contributed by atoms with Crippen LogP contribution < -0.4 is 20.3 Å². The summed E-state index contributed by atoms with van der Waals surface area (Å²) in [4.78, 5) is 25.7. The molecule has 2 saturated heterocycles. The molecule has 0 spiro atoms. The van der Waals surface area contributed by atoms with Crippen LogP contribution in [-0.4, -0.2) is 61.7 Å². The lowest BCUT2D eigenvalue weighted by molar-refractivity contribution is -0.115. The van der Waals surface area contributed by atoms with E-state index < -0.39 is 16.1 Å². The molecule has 2 aromatic carbocycles. The van der Waals surface area contributed by atoms with Gasteiger partial charge in [-0.2, -0.15) is 0 Å². The van der Waals surface area contributed by atoms with Crippen LogP contribution in [0.1, 0.15) is 30.1 Å². The fourth-order valence-electron chi connectivity index (χ4n) is 4.13. The lowest BCUT2D eigenvalue weighted by Crippen LogP contribution is -2.43. The maximum absolute atomic E-state index is 11.7. The highest BCUT2D eigenvalue weighted by atomic mass is 32.2.